The van der Waals surface area contributed by atoms with Crippen molar-refractivity contribution >= 4 is 6.09 Å². The summed E-state index contributed by atoms with van der Waals surface area (Å²) in [6, 6.07) is -1.42. The molecule has 96 valence electrons. The van der Waals surface area contributed by atoms with Gasteiger partial charge < -0.3 is 15.8 Å². The second-order valence-corrected chi connectivity index (χ2v) is 4.73. The van der Waals surface area contributed by atoms with Crippen molar-refractivity contribution in [3.63, 3.8) is 0 Å². The number of rotatable bonds is 1. The maximum atomic E-state index is 13.5. The van der Waals surface area contributed by atoms with E-state index in [1.165, 1.54) is 0 Å². The van der Waals surface area contributed by atoms with E-state index in [9.17, 15) is 13.6 Å². The minimum Gasteiger partial charge on any atom is -0.444 e. The monoisotopic (exact) mass is 246 g/mol. The molecule has 0 bridgehead atoms. The molecule has 0 aromatic heterocycles. The van der Waals surface area contributed by atoms with Gasteiger partial charge in [0, 0.05) is 0 Å². The first kappa shape index (κ1) is 13.5. The summed E-state index contributed by atoms with van der Waals surface area (Å²) < 4.78 is 31.8. The molecule has 2 unspecified atom stereocenters. The van der Waals surface area contributed by atoms with E-state index < -0.39 is 29.7 Å². The summed E-state index contributed by atoms with van der Waals surface area (Å²) in [5.41, 5.74) is 4.37. The molecule has 0 fully saturated rings. The Morgan fingerprint density at radius 2 is 2.12 bits per heavy atom. The minimum absolute atomic E-state index is 0.194. The van der Waals surface area contributed by atoms with Gasteiger partial charge in [-0.3, -0.25) is 0 Å². The molecule has 0 radical (unpaired) electrons. The van der Waals surface area contributed by atoms with Gasteiger partial charge in [-0.25, -0.2) is 13.6 Å². The van der Waals surface area contributed by atoms with E-state index in [1.54, 1.807) is 20.8 Å². The van der Waals surface area contributed by atoms with Crippen LogP contribution in [0, 0.1) is 0 Å². The maximum absolute atomic E-state index is 13.5. The number of nitrogens with two attached hydrogens (primary N) is 1. The molecule has 1 aliphatic rings. The first-order valence-corrected chi connectivity index (χ1v) is 5.17. The fourth-order valence-corrected chi connectivity index (χ4v) is 1.28. The molecule has 0 saturated heterocycles. The van der Waals surface area contributed by atoms with Crippen molar-refractivity contribution in [3.05, 3.63) is 23.7 Å². The van der Waals surface area contributed by atoms with Crippen molar-refractivity contribution in [2.75, 3.05) is 0 Å². The van der Waals surface area contributed by atoms with Crippen LogP contribution < -0.4 is 11.1 Å². The van der Waals surface area contributed by atoms with Crippen molar-refractivity contribution in [2.24, 2.45) is 5.73 Å². The Bertz CT molecular complexity index is 372. The van der Waals surface area contributed by atoms with Gasteiger partial charge in [0.25, 0.3) is 0 Å². The Kier molecular flexibility index (Phi) is 3.75. The second-order valence-electron chi connectivity index (χ2n) is 4.73. The minimum atomic E-state index is -1.66. The number of amides is 1. The molecule has 0 saturated carbocycles. The fraction of sp³-hybridized carbons (Fsp3) is 0.545. The van der Waals surface area contributed by atoms with Crippen LogP contribution in [0.15, 0.2) is 23.7 Å². The molecule has 0 aliphatic heterocycles. The summed E-state index contributed by atoms with van der Waals surface area (Å²) in [5.74, 6) is -0.897. The van der Waals surface area contributed by atoms with Crippen molar-refractivity contribution in [1.29, 1.82) is 0 Å². The molecular formula is C11H16F2N2O2. The molecule has 0 aromatic carbocycles. The lowest BCUT2D eigenvalue weighted by atomic mass is 10.0. The summed E-state index contributed by atoms with van der Waals surface area (Å²) in [5, 5.41) is 2.11. The van der Waals surface area contributed by atoms with Crippen LogP contribution in [0.1, 0.15) is 20.8 Å². The maximum Gasteiger partial charge on any atom is 0.408 e. The van der Waals surface area contributed by atoms with Crippen LogP contribution in [0.5, 0.6) is 0 Å². The molecule has 17 heavy (non-hydrogen) atoms. The van der Waals surface area contributed by atoms with E-state index in [2.05, 4.69) is 5.32 Å². The number of halogens is 2. The van der Waals surface area contributed by atoms with E-state index in [0.717, 1.165) is 12.2 Å². The van der Waals surface area contributed by atoms with Crippen LogP contribution in [0.2, 0.25) is 0 Å². The predicted octanol–water partition coefficient (Wildman–Crippen LogP) is 1.93. The second kappa shape index (κ2) is 4.73. The molecule has 2 atom stereocenters. The van der Waals surface area contributed by atoms with Gasteiger partial charge in [0.2, 0.25) is 0 Å². The Morgan fingerprint density at radius 1 is 1.53 bits per heavy atom. The third kappa shape index (κ3) is 3.72. The molecule has 1 rings (SSSR count). The summed E-state index contributed by atoms with van der Waals surface area (Å²) >= 11 is 0. The number of hydrogen-bond donors (Lipinski definition) is 2. The summed E-state index contributed by atoms with van der Waals surface area (Å²) in [4.78, 5) is 11.4. The van der Waals surface area contributed by atoms with E-state index in [-0.39, 0.29) is 5.70 Å². The van der Waals surface area contributed by atoms with Crippen molar-refractivity contribution in [2.45, 2.75) is 38.6 Å². The average molecular weight is 246 g/mol. The van der Waals surface area contributed by atoms with Crippen molar-refractivity contribution in [1.82, 2.24) is 5.32 Å². The van der Waals surface area contributed by atoms with Crippen LogP contribution in [0.25, 0.3) is 0 Å². The molecule has 0 heterocycles. The van der Waals surface area contributed by atoms with Gasteiger partial charge in [0.15, 0.2) is 0 Å². The number of ether oxygens (including phenoxy) is 1. The van der Waals surface area contributed by atoms with Gasteiger partial charge in [-0.1, -0.05) is 0 Å². The molecule has 0 spiro atoms. The van der Waals surface area contributed by atoms with Gasteiger partial charge in [-0.2, -0.15) is 0 Å². The Hall–Kier alpha value is -1.59. The smallest absolute Gasteiger partial charge is 0.408 e. The van der Waals surface area contributed by atoms with Crippen molar-refractivity contribution in [3.8, 4) is 0 Å². The molecule has 6 heteroatoms. The number of alkyl halides is 1. The van der Waals surface area contributed by atoms with Crippen LogP contribution in [-0.2, 0) is 4.74 Å². The zero-order valence-corrected chi connectivity index (χ0v) is 9.96. The highest BCUT2D eigenvalue weighted by atomic mass is 19.1. The van der Waals surface area contributed by atoms with E-state index in [4.69, 9.17) is 10.5 Å². The number of carbonyl (C=O) groups is 1. The molecule has 1 amide bonds. The molecular weight excluding hydrogens is 230 g/mol. The molecule has 1 aliphatic carbocycles. The Balaban J connectivity index is 2.69. The predicted molar refractivity (Wildman–Crippen MR) is 59.5 cm³/mol. The van der Waals surface area contributed by atoms with Crippen LogP contribution in [0.3, 0.4) is 0 Å². The largest absolute Gasteiger partial charge is 0.444 e. The van der Waals surface area contributed by atoms with Gasteiger partial charge >= 0.3 is 6.09 Å². The summed E-state index contributed by atoms with van der Waals surface area (Å²) in [7, 11) is 0. The SMILES string of the molecule is CC(C)(C)OC(=O)NC1C(F)=C(N)C=CC1F. The average Bonchev–Trinajstić information content (AvgIpc) is 2.16. The van der Waals surface area contributed by atoms with Gasteiger partial charge in [-0.15, -0.1) is 0 Å². The van der Waals surface area contributed by atoms with E-state index >= 15 is 0 Å². The van der Waals surface area contributed by atoms with Gasteiger partial charge in [-0.05, 0) is 32.9 Å². The number of nitrogens with one attached hydrogen (secondary N) is 1. The quantitative estimate of drug-likeness (QED) is 0.743. The van der Waals surface area contributed by atoms with Gasteiger partial charge in [0.05, 0.1) is 5.70 Å². The normalized spacial score (nSPS) is 24.8. The van der Waals surface area contributed by atoms with Crippen LogP contribution >= 0.6 is 0 Å². The standard InChI is InChI=1S/C11H16F2N2O2/c1-11(2,3)17-10(16)15-9-6(12)4-5-7(14)8(9)13/h4-6,9H,14H2,1-3H3,(H,15,16). The summed E-state index contributed by atoms with van der Waals surface area (Å²) in [6.45, 7) is 4.96. The fourth-order valence-electron chi connectivity index (χ4n) is 1.28. The van der Waals surface area contributed by atoms with Gasteiger partial charge in [0.1, 0.15) is 23.6 Å². The third-order valence-corrected chi connectivity index (χ3v) is 2.00. The summed E-state index contributed by atoms with van der Waals surface area (Å²) in [6.07, 6.45) is -0.327. The highest BCUT2D eigenvalue weighted by Gasteiger charge is 2.31. The highest BCUT2D eigenvalue weighted by Crippen LogP contribution is 2.21. The molecule has 3 N–H and O–H groups in total. The van der Waals surface area contributed by atoms with Crippen molar-refractivity contribution < 1.29 is 18.3 Å². The van der Waals surface area contributed by atoms with E-state index in [0.29, 0.717) is 0 Å². The van der Waals surface area contributed by atoms with Crippen LogP contribution in [-0.4, -0.2) is 23.9 Å². The topological polar surface area (TPSA) is 64.3 Å². The first-order valence-electron chi connectivity index (χ1n) is 5.17. The molecule has 0 aromatic rings. The Morgan fingerprint density at radius 3 is 2.65 bits per heavy atom. The lowest BCUT2D eigenvalue weighted by molar-refractivity contribution is 0.0487. The Labute approximate surface area is 98.5 Å². The number of hydrogen-bond acceptors (Lipinski definition) is 3. The van der Waals surface area contributed by atoms with E-state index in [1.807, 2.05) is 0 Å². The lowest BCUT2D eigenvalue weighted by Crippen LogP contribution is -2.45. The number of allylic oxidation sites excluding steroid dienone is 1. The lowest BCUT2D eigenvalue weighted by Gasteiger charge is -2.25. The first-order chi connectivity index (χ1) is 7.70. The number of carbonyl (C=O) groups excluding carboxylic acids is 1. The third-order valence-electron chi connectivity index (χ3n) is 2.00. The highest BCUT2D eigenvalue weighted by molar-refractivity contribution is 5.69. The zero-order valence-electron chi connectivity index (χ0n) is 9.96. The van der Waals surface area contributed by atoms with Crippen LogP contribution in [0.4, 0.5) is 13.6 Å². The molecule has 4 nitrogen and oxygen atoms in total. The zero-order chi connectivity index (χ0) is 13.2. The number of alkyl carbamates (subject to hydrolysis) is 1.